The van der Waals surface area contributed by atoms with Gasteiger partial charge in [0.15, 0.2) is 0 Å². The lowest BCUT2D eigenvalue weighted by Crippen LogP contribution is -2.01. The Bertz CT molecular complexity index is 1850. The first-order chi connectivity index (χ1) is 16.3. The van der Waals surface area contributed by atoms with Crippen molar-refractivity contribution < 1.29 is 0 Å². The highest BCUT2D eigenvalue weighted by atomic mass is 15.0. The summed E-state index contributed by atoms with van der Waals surface area (Å²) in [5.74, 6) is 0. The van der Waals surface area contributed by atoms with Crippen molar-refractivity contribution in [3.05, 3.63) is 102 Å². The van der Waals surface area contributed by atoms with Crippen LogP contribution in [-0.4, -0.2) is 10.8 Å². The fourth-order valence-electron chi connectivity index (χ4n) is 5.57. The van der Waals surface area contributed by atoms with Crippen LogP contribution in [0.1, 0.15) is 11.1 Å². The Morgan fingerprint density at radius 2 is 1.39 bits per heavy atom. The molecule has 1 aromatic heterocycles. The van der Waals surface area contributed by atoms with Gasteiger partial charge in [0.1, 0.15) is 0 Å². The van der Waals surface area contributed by atoms with E-state index in [2.05, 4.69) is 77.4 Å². The molecule has 3 nitrogen and oxygen atoms in total. The van der Waals surface area contributed by atoms with Gasteiger partial charge in [-0.15, -0.1) is 0 Å². The van der Waals surface area contributed by atoms with Crippen molar-refractivity contribution in [1.29, 1.82) is 10.7 Å². The number of benzene rings is 5. The Kier molecular flexibility index (Phi) is 3.49. The SMILES string of the molecule is N#Cc1cccc(-n2c3ccccc3c3cc4c5c(cccc5c32)-c2ccccc2-4)c1C=N. The minimum absolute atomic E-state index is 0.506. The summed E-state index contributed by atoms with van der Waals surface area (Å²) in [6.45, 7) is 0. The summed E-state index contributed by atoms with van der Waals surface area (Å²) < 4.78 is 2.23. The molecule has 5 aromatic carbocycles. The Balaban J connectivity index is 1.76. The van der Waals surface area contributed by atoms with Crippen molar-refractivity contribution >= 4 is 38.8 Å². The van der Waals surface area contributed by atoms with Gasteiger partial charge in [-0.25, -0.2) is 0 Å². The first-order valence-electron chi connectivity index (χ1n) is 10.9. The van der Waals surface area contributed by atoms with Crippen molar-refractivity contribution in [1.82, 2.24) is 4.57 Å². The van der Waals surface area contributed by atoms with Crippen LogP contribution in [0.4, 0.5) is 0 Å². The number of nitrogens with one attached hydrogen (secondary N) is 1. The minimum atomic E-state index is 0.506. The smallest absolute Gasteiger partial charge is 0.0999 e. The predicted octanol–water partition coefficient (Wildman–Crippen LogP) is 7.45. The standard InChI is InChI=1S/C30H17N3/c31-16-18-7-5-14-28(26(18)17-32)33-27-13-4-3-10-21(27)25-15-24-20-9-2-1-8-19(20)22-11-6-12-23(29(22)24)30(25)33/h1-15,17,32H. The van der Waals surface area contributed by atoms with E-state index in [-0.39, 0.29) is 0 Å². The van der Waals surface area contributed by atoms with E-state index in [0.29, 0.717) is 11.1 Å². The largest absolute Gasteiger partial charge is 0.308 e. The van der Waals surface area contributed by atoms with Crippen LogP contribution in [0.15, 0.2) is 91.0 Å². The lowest BCUT2D eigenvalue weighted by Gasteiger charge is -2.14. The number of rotatable bonds is 2. The average molecular weight is 419 g/mol. The monoisotopic (exact) mass is 419 g/mol. The van der Waals surface area contributed by atoms with Crippen LogP contribution in [0.2, 0.25) is 0 Å². The zero-order valence-electron chi connectivity index (χ0n) is 17.6. The third-order valence-electron chi connectivity index (χ3n) is 6.89. The number of para-hydroxylation sites is 1. The molecular weight excluding hydrogens is 402 g/mol. The summed E-state index contributed by atoms with van der Waals surface area (Å²) in [5, 5.41) is 22.6. The molecule has 152 valence electrons. The van der Waals surface area contributed by atoms with E-state index < -0.39 is 0 Å². The maximum Gasteiger partial charge on any atom is 0.0999 e. The van der Waals surface area contributed by atoms with Crippen LogP contribution >= 0.6 is 0 Å². The van der Waals surface area contributed by atoms with Gasteiger partial charge < -0.3 is 9.98 Å². The summed E-state index contributed by atoms with van der Waals surface area (Å²) in [6.07, 6.45) is 1.30. The van der Waals surface area contributed by atoms with Gasteiger partial charge in [0.25, 0.3) is 0 Å². The normalized spacial score (nSPS) is 11.7. The Morgan fingerprint density at radius 1 is 0.697 bits per heavy atom. The third-order valence-corrected chi connectivity index (χ3v) is 6.89. The van der Waals surface area contributed by atoms with E-state index in [1.54, 1.807) is 6.07 Å². The van der Waals surface area contributed by atoms with Crippen molar-refractivity contribution in [2.24, 2.45) is 0 Å². The van der Waals surface area contributed by atoms with Gasteiger partial charge in [-0.1, -0.05) is 66.7 Å². The van der Waals surface area contributed by atoms with Gasteiger partial charge in [-0.05, 0) is 51.9 Å². The summed E-state index contributed by atoms with van der Waals surface area (Å²) in [6, 6.07) is 33.8. The molecule has 1 N–H and O–H groups in total. The molecule has 0 saturated heterocycles. The number of hydrogen-bond acceptors (Lipinski definition) is 2. The van der Waals surface area contributed by atoms with Crippen LogP contribution in [0.3, 0.4) is 0 Å². The lowest BCUT2D eigenvalue weighted by atomic mass is 9.99. The van der Waals surface area contributed by atoms with Crippen molar-refractivity contribution in [2.45, 2.75) is 0 Å². The fourth-order valence-corrected chi connectivity index (χ4v) is 5.57. The molecule has 0 radical (unpaired) electrons. The van der Waals surface area contributed by atoms with Gasteiger partial charge in [0.2, 0.25) is 0 Å². The molecule has 1 aliphatic rings. The molecule has 6 aromatic rings. The molecule has 0 spiro atoms. The molecule has 1 aliphatic carbocycles. The van der Waals surface area contributed by atoms with Crippen LogP contribution in [0, 0.1) is 16.7 Å². The van der Waals surface area contributed by atoms with Crippen LogP contribution in [0.5, 0.6) is 0 Å². The number of nitrogens with zero attached hydrogens (tertiary/aromatic N) is 2. The average Bonchev–Trinajstić information content (AvgIpc) is 3.38. The number of nitriles is 1. The van der Waals surface area contributed by atoms with Gasteiger partial charge in [-0.3, -0.25) is 0 Å². The van der Waals surface area contributed by atoms with E-state index in [0.717, 1.165) is 16.7 Å². The summed E-state index contributed by atoms with van der Waals surface area (Å²) >= 11 is 0. The van der Waals surface area contributed by atoms with Gasteiger partial charge in [0.05, 0.1) is 28.4 Å². The maximum absolute atomic E-state index is 9.69. The summed E-state index contributed by atoms with van der Waals surface area (Å²) in [4.78, 5) is 0. The van der Waals surface area contributed by atoms with Crippen molar-refractivity contribution in [2.75, 3.05) is 0 Å². The highest BCUT2D eigenvalue weighted by Crippen LogP contribution is 2.50. The van der Waals surface area contributed by atoms with Gasteiger partial charge in [-0.2, -0.15) is 5.26 Å². The molecule has 0 fully saturated rings. The van der Waals surface area contributed by atoms with Crippen LogP contribution in [-0.2, 0) is 0 Å². The van der Waals surface area contributed by atoms with E-state index in [4.69, 9.17) is 5.41 Å². The zero-order chi connectivity index (χ0) is 22.1. The molecule has 0 saturated carbocycles. The molecule has 0 unspecified atom stereocenters. The van der Waals surface area contributed by atoms with E-state index in [1.165, 1.54) is 50.0 Å². The molecule has 0 bridgehead atoms. The van der Waals surface area contributed by atoms with E-state index in [9.17, 15) is 5.26 Å². The van der Waals surface area contributed by atoms with Crippen molar-refractivity contribution in [3.63, 3.8) is 0 Å². The first-order valence-corrected chi connectivity index (χ1v) is 10.9. The molecule has 33 heavy (non-hydrogen) atoms. The van der Waals surface area contributed by atoms with Gasteiger partial charge >= 0.3 is 0 Å². The Hall–Kier alpha value is -4.68. The van der Waals surface area contributed by atoms with Crippen LogP contribution < -0.4 is 0 Å². The minimum Gasteiger partial charge on any atom is -0.308 e. The summed E-state index contributed by atoms with van der Waals surface area (Å²) in [7, 11) is 0. The second-order valence-electron chi connectivity index (χ2n) is 8.44. The number of aromatic nitrogens is 1. The maximum atomic E-state index is 9.69. The second-order valence-corrected chi connectivity index (χ2v) is 8.44. The molecule has 3 heteroatoms. The molecular formula is C30H17N3. The molecule has 0 amide bonds. The molecule has 0 aliphatic heterocycles. The first kappa shape index (κ1) is 17.9. The third kappa shape index (κ3) is 2.20. The van der Waals surface area contributed by atoms with Crippen LogP contribution in [0.25, 0.3) is 60.5 Å². The predicted molar refractivity (Wildman–Crippen MR) is 135 cm³/mol. The van der Waals surface area contributed by atoms with E-state index >= 15 is 0 Å². The number of hydrogen-bond donors (Lipinski definition) is 1. The van der Waals surface area contributed by atoms with Gasteiger partial charge in [0, 0.05) is 27.9 Å². The van der Waals surface area contributed by atoms with E-state index in [1.807, 2.05) is 18.2 Å². The highest BCUT2D eigenvalue weighted by Gasteiger charge is 2.25. The molecule has 7 rings (SSSR count). The zero-order valence-corrected chi connectivity index (χ0v) is 17.6. The second kappa shape index (κ2) is 6.41. The lowest BCUT2D eigenvalue weighted by molar-refractivity contribution is 1.17. The summed E-state index contributed by atoms with van der Waals surface area (Å²) in [5.41, 5.74) is 9.25. The molecule has 1 heterocycles. The number of fused-ring (bicyclic) bond motifs is 7. The fraction of sp³-hybridized carbons (Fsp3) is 0. The highest BCUT2D eigenvalue weighted by molar-refractivity contribution is 6.27. The Labute approximate surface area is 190 Å². The Morgan fingerprint density at radius 3 is 2.21 bits per heavy atom. The topological polar surface area (TPSA) is 52.6 Å². The van der Waals surface area contributed by atoms with Crippen molar-refractivity contribution in [3.8, 4) is 34.0 Å². The quantitative estimate of drug-likeness (QED) is 0.291. The molecule has 0 atom stereocenters.